The molecule has 1 aliphatic carbocycles. The lowest BCUT2D eigenvalue weighted by atomic mass is 9.49. The van der Waals surface area contributed by atoms with Gasteiger partial charge in [0.15, 0.2) is 0 Å². The molecule has 2 aromatic rings. The van der Waals surface area contributed by atoms with Crippen LogP contribution in [0.3, 0.4) is 0 Å². The van der Waals surface area contributed by atoms with E-state index in [1.165, 1.54) is 112 Å². The lowest BCUT2D eigenvalue weighted by molar-refractivity contribution is 0.00578. The van der Waals surface area contributed by atoms with Gasteiger partial charge in [-0.05, 0) is 107 Å². The molecule has 4 nitrogen and oxygen atoms in total. The van der Waals surface area contributed by atoms with Gasteiger partial charge in [-0.3, -0.25) is 0 Å². The molecule has 2 aliphatic heterocycles. The van der Waals surface area contributed by atoms with Gasteiger partial charge in [0.25, 0.3) is 0 Å². The van der Waals surface area contributed by atoms with Crippen LogP contribution in [0.5, 0.6) is 0 Å². The zero-order chi connectivity index (χ0) is 36.6. The van der Waals surface area contributed by atoms with Gasteiger partial charge in [0, 0.05) is 5.41 Å². The van der Waals surface area contributed by atoms with Crippen molar-refractivity contribution in [3.05, 3.63) is 47.5 Å². The largest absolute Gasteiger partial charge is 0.494 e. The Morgan fingerprint density at radius 1 is 0.440 bits per heavy atom. The summed E-state index contributed by atoms with van der Waals surface area (Å²) in [5.74, 6) is 0. The van der Waals surface area contributed by atoms with E-state index in [0.717, 1.165) is 10.9 Å². The van der Waals surface area contributed by atoms with Crippen molar-refractivity contribution >= 4 is 25.2 Å². The summed E-state index contributed by atoms with van der Waals surface area (Å²) in [6.07, 6.45) is 18.0. The fourth-order valence-electron chi connectivity index (χ4n) is 8.79. The maximum atomic E-state index is 6.66. The molecular formula is C44H70B2O4. The molecule has 2 aromatic carbocycles. The Kier molecular flexibility index (Phi) is 11.9. The van der Waals surface area contributed by atoms with Crippen molar-refractivity contribution in [2.75, 3.05) is 0 Å². The molecule has 0 radical (unpaired) electrons. The summed E-state index contributed by atoms with van der Waals surface area (Å²) in [5.41, 5.74) is 6.25. The molecule has 2 fully saturated rings. The number of unbranched alkanes of at least 4 members (excludes halogenated alkanes) is 10. The normalized spacial score (nSPS) is 22.1. The molecule has 0 spiro atoms. The topological polar surface area (TPSA) is 36.9 Å². The minimum Gasteiger partial charge on any atom is -0.399 e. The molecule has 276 valence electrons. The zero-order valence-corrected chi connectivity index (χ0v) is 34.2. The van der Waals surface area contributed by atoms with Gasteiger partial charge in [0.2, 0.25) is 0 Å². The van der Waals surface area contributed by atoms with Crippen molar-refractivity contribution in [3.8, 4) is 11.1 Å². The molecule has 0 saturated carbocycles. The maximum Gasteiger partial charge on any atom is 0.494 e. The first-order valence-corrected chi connectivity index (χ1v) is 20.4. The molecule has 3 aliphatic rings. The molecule has 0 atom stereocenters. The minimum atomic E-state index is -0.378. The standard InChI is InChI=1S/C44H70B2O4/c1-13-15-17-19-21-23-29-44(30-24-22-20-18-16-14-2)38-32-34(46-49-42(9,10)43(11,12)50-46)26-28-36(38)35-27-25-33(31-37(35)39(44,3)4)45-47-40(5,6)41(7,8)48-45/h25-28,31-32H,13-24,29-30H2,1-12H3. The molecule has 0 N–H and O–H groups in total. The van der Waals surface area contributed by atoms with Crippen LogP contribution in [0, 0.1) is 0 Å². The van der Waals surface area contributed by atoms with Gasteiger partial charge < -0.3 is 18.6 Å². The summed E-state index contributed by atoms with van der Waals surface area (Å²) in [6, 6.07) is 14.2. The van der Waals surface area contributed by atoms with Gasteiger partial charge in [-0.2, -0.15) is 0 Å². The predicted octanol–water partition coefficient (Wildman–Crippen LogP) is 11.0. The van der Waals surface area contributed by atoms with E-state index in [2.05, 4.69) is 119 Å². The first kappa shape index (κ1) is 39.6. The maximum absolute atomic E-state index is 6.66. The number of rotatable bonds is 16. The number of hydrogen-bond donors (Lipinski definition) is 0. The number of hydrogen-bond acceptors (Lipinski definition) is 4. The van der Waals surface area contributed by atoms with Crippen molar-refractivity contribution in [2.24, 2.45) is 0 Å². The Bertz CT molecular complexity index is 1410. The SMILES string of the molecule is CCCCCCCCC1(CCCCCCCC)c2cc(B3OC(C)(C)C(C)(C)O3)ccc2-c2ccc(B3OC(C)(C)C(C)(C)O3)cc2C1(C)C. The summed E-state index contributed by atoms with van der Waals surface area (Å²) in [4.78, 5) is 0. The molecular weight excluding hydrogens is 614 g/mol. The third kappa shape index (κ3) is 7.44. The van der Waals surface area contributed by atoms with E-state index in [0.29, 0.717) is 0 Å². The van der Waals surface area contributed by atoms with Crippen LogP contribution in [-0.4, -0.2) is 36.6 Å². The molecule has 50 heavy (non-hydrogen) atoms. The Balaban J connectivity index is 1.61. The highest BCUT2D eigenvalue weighted by molar-refractivity contribution is 6.62. The lowest BCUT2D eigenvalue weighted by Gasteiger charge is -2.53. The van der Waals surface area contributed by atoms with Crippen molar-refractivity contribution in [2.45, 2.75) is 206 Å². The Morgan fingerprint density at radius 3 is 1.18 bits per heavy atom. The second kappa shape index (κ2) is 15.0. The summed E-state index contributed by atoms with van der Waals surface area (Å²) < 4.78 is 26.5. The lowest BCUT2D eigenvalue weighted by Crippen LogP contribution is -2.50. The second-order valence-corrected chi connectivity index (χ2v) is 18.5. The van der Waals surface area contributed by atoms with Crippen LogP contribution in [0.1, 0.15) is 184 Å². The average molecular weight is 685 g/mol. The van der Waals surface area contributed by atoms with E-state index in [-0.39, 0.29) is 47.5 Å². The summed E-state index contributed by atoms with van der Waals surface area (Å²) in [6.45, 7) is 26.9. The zero-order valence-electron chi connectivity index (χ0n) is 34.2. The average Bonchev–Trinajstić information content (AvgIpc) is 3.41. The first-order valence-electron chi connectivity index (χ1n) is 20.4. The Labute approximate surface area is 307 Å². The molecule has 0 bridgehead atoms. The second-order valence-electron chi connectivity index (χ2n) is 18.5. The number of benzene rings is 2. The van der Waals surface area contributed by atoms with Gasteiger partial charge >= 0.3 is 14.2 Å². The molecule has 5 rings (SSSR count). The van der Waals surface area contributed by atoms with E-state index >= 15 is 0 Å². The third-order valence-corrected chi connectivity index (χ3v) is 13.7. The van der Waals surface area contributed by atoms with E-state index in [9.17, 15) is 0 Å². The summed E-state index contributed by atoms with van der Waals surface area (Å²) >= 11 is 0. The van der Waals surface area contributed by atoms with Crippen LogP contribution in [0.15, 0.2) is 36.4 Å². The quantitative estimate of drug-likeness (QED) is 0.130. The third-order valence-electron chi connectivity index (χ3n) is 13.7. The van der Waals surface area contributed by atoms with Crippen molar-refractivity contribution in [1.29, 1.82) is 0 Å². The van der Waals surface area contributed by atoms with Crippen LogP contribution >= 0.6 is 0 Å². The van der Waals surface area contributed by atoms with Crippen LogP contribution < -0.4 is 10.9 Å². The summed E-state index contributed by atoms with van der Waals surface area (Å²) in [5, 5.41) is 0. The molecule has 0 unspecified atom stereocenters. The fourth-order valence-corrected chi connectivity index (χ4v) is 8.79. The highest BCUT2D eigenvalue weighted by Gasteiger charge is 2.56. The summed E-state index contributed by atoms with van der Waals surface area (Å²) in [7, 11) is -0.749. The van der Waals surface area contributed by atoms with E-state index in [1.54, 1.807) is 0 Å². The van der Waals surface area contributed by atoms with E-state index in [4.69, 9.17) is 18.6 Å². The van der Waals surface area contributed by atoms with Gasteiger partial charge in [0.1, 0.15) is 0 Å². The minimum absolute atomic E-state index is 0.0287. The predicted molar refractivity (Wildman–Crippen MR) is 214 cm³/mol. The van der Waals surface area contributed by atoms with Gasteiger partial charge in [0.05, 0.1) is 22.4 Å². The monoisotopic (exact) mass is 685 g/mol. The first-order chi connectivity index (χ1) is 23.4. The van der Waals surface area contributed by atoms with Gasteiger partial charge in [-0.15, -0.1) is 0 Å². The molecule has 2 saturated heterocycles. The Morgan fingerprint density at radius 2 is 0.780 bits per heavy atom. The van der Waals surface area contributed by atoms with E-state index < -0.39 is 0 Å². The molecule has 2 heterocycles. The van der Waals surface area contributed by atoms with Gasteiger partial charge in [-0.1, -0.05) is 141 Å². The van der Waals surface area contributed by atoms with Crippen LogP contribution in [0.4, 0.5) is 0 Å². The molecule has 6 heteroatoms. The highest BCUT2D eigenvalue weighted by Crippen LogP contribution is 2.58. The van der Waals surface area contributed by atoms with Crippen molar-refractivity contribution in [3.63, 3.8) is 0 Å². The van der Waals surface area contributed by atoms with Crippen molar-refractivity contribution < 1.29 is 18.6 Å². The van der Waals surface area contributed by atoms with E-state index in [1.807, 2.05) is 0 Å². The smallest absolute Gasteiger partial charge is 0.399 e. The fraction of sp³-hybridized carbons (Fsp3) is 0.727. The van der Waals surface area contributed by atoms with Crippen LogP contribution in [-0.2, 0) is 29.4 Å². The number of fused-ring (bicyclic) bond motifs is 3. The van der Waals surface area contributed by atoms with Crippen LogP contribution in [0.25, 0.3) is 11.1 Å². The van der Waals surface area contributed by atoms with Gasteiger partial charge in [-0.25, -0.2) is 0 Å². The van der Waals surface area contributed by atoms with Crippen molar-refractivity contribution in [1.82, 2.24) is 0 Å². The highest BCUT2D eigenvalue weighted by atomic mass is 16.7. The van der Waals surface area contributed by atoms with Crippen LogP contribution in [0.2, 0.25) is 0 Å². The molecule has 0 aromatic heterocycles. The Hall–Kier alpha value is -1.59. The molecule has 0 amide bonds.